The molecule has 0 spiro atoms. The van der Waals surface area contributed by atoms with Crippen LogP contribution in [-0.4, -0.2) is 10.8 Å². The maximum absolute atomic E-state index is 12.1. The molecule has 1 heterocycles. The summed E-state index contributed by atoms with van der Waals surface area (Å²) in [6.45, 7) is 2.14. The summed E-state index contributed by atoms with van der Waals surface area (Å²) in [6, 6.07) is 8.27. The van der Waals surface area contributed by atoms with E-state index in [1.54, 1.807) is 13.0 Å². The molecule has 0 aliphatic rings. The maximum atomic E-state index is 12.1. The Morgan fingerprint density at radius 2 is 2.15 bits per heavy atom. The zero-order valence-electron chi connectivity index (χ0n) is 10.6. The molecule has 2 rings (SSSR count). The minimum Gasteiger partial charge on any atom is -0.347 e. The molecule has 1 N–H and O–H groups in total. The molecule has 0 saturated heterocycles. The number of aryl methyl sites for hydroxylation is 1. The van der Waals surface area contributed by atoms with Crippen LogP contribution in [0.25, 0.3) is 0 Å². The third-order valence-electron chi connectivity index (χ3n) is 2.65. The van der Waals surface area contributed by atoms with Crippen molar-refractivity contribution in [1.82, 2.24) is 5.32 Å². The molecule has 0 aliphatic heterocycles. The van der Waals surface area contributed by atoms with Gasteiger partial charge in [0.1, 0.15) is 5.56 Å². The van der Waals surface area contributed by atoms with E-state index in [9.17, 15) is 14.9 Å². The van der Waals surface area contributed by atoms with Crippen molar-refractivity contribution in [3.8, 4) is 0 Å². The number of benzene rings is 1. The van der Waals surface area contributed by atoms with Gasteiger partial charge in [-0.2, -0.15) is 0 Å². The zero-order chi connectivity index (χ0) is 14.7. The van der Waals surface area contributed by atoms with Gasteiger partial charge in [0.15, 0.2) is 0 Å². The van der Waals surface area contributed by atoms with Crippen molar-refractivity contribution in [3.05, 3.63) is 60.2 Å². The number of carbonyl (C=O) groups is 1. The van der Waals surface area contributed by atoms with Gasteiger partial charge in [-0.05, 0) is 46.6 Å². The normalized spacial score (nSPS) is 10.3. The molecule has 1 amide bonds. The lowest BCUT2D eigenvalue weighted by atomic mass is 10.1. The highest BCUT2D eigenvalue weighted by Gasteiger charge is 2.19. The number of amides is 1. The fraction of sp³-hybridized carbons (Fsp3) is 0.154. The second-order valence-electron chi connectivity index (χ2n) is 4.17. The van der Waals surface area contributed by atoms with Crippen molar-refractivity contribution in [1.29, 1.82) is 0 Å². The number of thiophene rings is 1. The van der Waals surface area contributed by atoms with E-state index in [-0.39, 0.29) is 11.3 Å². The molecule has 0 atom stereocenters. The number of hydrogen-bond acceptors (Lipinski definition) is 4. The average molecular weight is 355 g/mol. The third-order valence-corrected chi connectivity index (χ3v) is 4.27. The first-order valence-corrected chi connectivity index (χ1v) is 7.36. The van der Waals surface area contributed by atoms with Gasteiger partial charge in [-0.1, -0.05) is 6.07 Å². The summed E-state index contributed by atoms with van der Waals surface area (Å²) >= 11 is 4.85. The van der Waals surface area contributed by atoms with Crippen molar-refractivity contribution in [3.63, 3.8) is 0 Å². The Bertz CT molecular complexity index is 669. The Balaban J connectivity index is 2.16. The number of carbonyl (C=O) groups excluding carboxylic acids is 1. The minimum absolute atomic E-state index is 0.0885. The van der Waals surface area contributed by atoms with E-state index in [1.165, 1.54) is 23.5 Å². The Morgan fingerprint density at radius 3 is 2.75 bits per heavy atom. The van der Waals surface area contributed by atoms with Crippen LogP contribution in [0.15, 0.2) is 34.1 Å². The molecule has 0 unspecified atom stereocenters. The number of nitro benzene ring substituents is 1. The highest BCUT2D eigenvalue weighted by molar-refractivity contribution is 9.11. The fourth-order valence-electron chi connectivity index (χ4n) is 1.70. The fourth-order valence-corrected chi connectivity index (χ4v) is 3.12. The summed E-state index contributed by atoms with van der Waals surface area (Å²) in [6.07, 6.45) is 0. The summed E-state index contributed by atoms with van der Waals surface area (Å²) in [5, 5.41) is 13.6. The quantitative estimate of drug-likeness (QED) is 0.672. The van der Waals surface area contributed by atoms with Crippen molar-refractivity contribution in [2.75, 3.05) is 0 Å². The predicted octanol–water partition coefficient (Wildman–Crippen LogP) is 3.66. The second-order valence-corrected chi connectivity index (χ2v) is 6.71. The number of halogens is 1. The number of rotatable bonds is 4. The number of nitro groups is 1. The Morgan fingerprint density at radius 1 is 1.40 bits per heavy atom. The van der Waals surface area contributed by atoms with Gasteiger partial charge < -0.3 is 5.32 Å². The maximum Gasteiger partial charge on any atom is 0.282 e. The Kier molecular flexibility index (Phi) is 4.51. The standard InChI is InChI=1S/C13H11BrN2O3S/c1-8-2-4-11(16(18)19)10(6-8)13(17)15-7-9-3-5-12(14)20-9/h2-6H,7H2,1H3,(H,15,17). The van der Waals surface area contributed by atoms with E-state index < -0.39 is 10.8 Å². The molecule has 1 aromatic heterocycles. The number of nitrogens with zero attached hydrogens (tertiary/aromatic N) is 1. The second kappa shape index (κ2) is 6.15. The molecule has 0 saturated carbocycles. The van der Waals surface area contributed by atoms with E-state index in [4.69, 9.17) is 0 Å². The van der Waals surface area contributed by atoms with Gasteiger partial charge in [0, 0.05) is 10.9 Å². The molecule has 0 radical (unpaired) electrons. The van der Waals surface area contributed by atoms with E-state index in [2.05, 4.69) is 21.2 Å². The molecule has 5 nitrogen and oxygen atoms in total. The van der Waals surface area contributed by atoms with Crippen LogP contribution >= 0.6 is 27.3 Å². The molecule has 7 heteroatoms. The molecule has 0 aliphatic carbocycles. The lowest BCUT2D eigenvalue weighted by molar-refractivity contribution is -0.385. The first-order chi connectivity index (χ1) is 9.47. The smallest absolute Gasteiger partial charge is 0.282 e. The number of nitrogens with one attached hydrogen (secondary N) is 1. The van der Waals surface area contributed by atoms with Crippen molar-refractivity contribution in [2.24, 2.45) is 0 Å². The third kappa shape index (κ3) is 3.43. The van der Waals surface area contributed by atoms with Gasteiger partial charge in [0.2, 0.25) is 0 Å². The summed E-state index contributed by atoms with van der Waals surface area (Å²) in [5.74, 6) is -0.440. The SMILES string of the molecule is Cc1ccc([N+](=O)[O-])c(C(=O)NCc2ccc(Br)s2)c1. The van der Waals surface area contributed by atoms with Gasteiger partial charge >= 0.3 is 0 Å². The number of hydrogen-bond donors (Lipinski definition) is 1. The first kappa shape index (κ1) is 14.7. The summed E-state index contributed by atoms with van der Waals surface area (Å²) < 4.78 is 0.975. The Hall–Kier alpha value is -1.73. The highest BCUT2D eigenvalue weighted by atomic mass is 79.9. The van der Waals surface area contributed by atoms with Gasteiger partial charge in [-0.25, -0.2) is 0 Å². The zero-order valence-corrected chi connectivity index (χ0v) is 13.0. The van der Waals surface area contributed by atoms with Crippen LogP contribution in [0.1, 0.15) is 20.8 Å². The van der Waals surface area contributed by atoms with E-state index in [1.807, 2.05) is 12.1 Å². The predicted molar refractivity (Wildman–Crippen MR) is 81.0 cm³/mol. The molecule has 0 fully saturated rings. The molecular weight excluding hydrogens is 344 g/mol. The van der Waals surface area contributed by atoms with E-state index >= 15 is 0 Å². The van der Waals surface area contributed by atoms with Gasteiger partial charge in [-0.15, -0.1) is 11.3 Å². The van der Waals surface area contributed by atoms with Crippen LogP contribution in [0.3, 0.4) is 0 Å². The van der Waals surface area contributed by atoms with Gasteiger partial charge in [-0.3, -0.25) is 14.9 Å². The topological polar surface area (TPSA) is 72.2 Å². The average Bonchev–Trinajstić information content (AvgIpc) is 2.81. The van der Waals surface area contributed by atoms with Crippen LogP contribution in [0.4, 0.5) is 5.69 Å². The van der Waals surface area contributed by atoms with Crippen LogP contribution in [0, 0.1) is 17.0 Å². The highest BCUT2D eigenvalue weighted by Crippen LogP contribution is 2.23. The van der Waals surface area contributed by atoms with Crippen molar-refractivity contribution < 1.29 is 9.72 Å². The molecule has 0 bridgehead atoms. The molecule has 1 aromatic carbocycles. The van der Waals surface area contributed by atoms with Crippen LogP contribution < -0.4 is 5.32 Å². The summed E-state index contributed by atoms with van der Waals surface area (Å²) in [7, 11) is 0. The van der Waals surface area contributed by atoms with E-state index in [0.717, 1.165) is 14.2 Å². The van der Waals surface area contributed by atoms with Crippen LogP contribution in [0.5, 0.6) is 0 Å². The minimum atomic E-state index is -0.546. The molecule has 20 heavy (non-hydrogen) atoms. The molecular formula is C13H11BrN2O3S. The summed E-state index contributed by atoms with van der Waals surface area (Å²) in [5.41, 5.74) is 0.714. The molecule has 2 aromatic rings. The lowest BCUT2D eigenvalue weighted by Gasteiger charge is -2.05. The van der Waals surface area contributed by atoms with E-state index in [0.29, 0.717) is 6.54 Å². The van der Waals surface area contributed by atoms with Crippen molar-refractivity contribution in [2.45, 2.75) is 13.5 Å². The largest absolute Gasteiger partial charge is 0.347 e. The van der Waals surface area contributed by atoms with Gasteiger partial charge in [0.25, 0.3) is 11.6 Å². The van der Waals surface area contributed by atoms with Crippen LogP contribution in [-0.2, 0) is 6.54 Å². The first-order valence-electron chi connectivity index (χ1n) is 5.75. The lowest BCUT2D eigenvalue weighted by Crippen LogP contribution is -2.23. The molecule has 104 valence electrons. The monoisotopic (exact) mass is 354 g/mol. The van der Waals surface area contributed by atoms with Crippen molar-refractivity contribution >= 4 is 38.9 Å². The van der Waals surface area contributed by atoms with Crippen LogP contribution in [0.2, 0.25) is 0 Å². The Labute approximate surface area is 127 Å². The summed E-state index contributed by atoms with van der Waals surface area (Å²) in [4.78, 5) is 23.4. The van der Waals surface area contributed by atoms with Gasteiger partial charge in [0.05, 0.1) is 15.3 Å².